The van der Waals surface area contributed by atoms with Gasteiger partial charge in [-0.2, -0.15) is 0 Å². The molecular weight excluding hydrogens is 279 g/mol. The van der Waals surface area contributed by atoms with Crippen LogP contribution >= 0.6 is 0 Å². The maximum Gasteiger partial charge on any atom is 0.129 e. The summed E-state index contributed by atoms with van der Waals surface area (Å²) in [6, 6.07) is 5.68. The first-order valence-electron chi connectivity index (χ1n) is 8.01. The Morgan fingerprint density at radius 3 is 2.86 bits per heavy atom. The van der Waals surface area contributed by atoms with Crippen molar-refractivity contribution in [3.05, 3.63) is 35.8 Å². The van der Waals surface area contributed by atoms with Gasteiger partial charge >= 0.3 is 0 Å². The molecule has 118 valence electrons. The van der Waals surface area contributed by atoms with Crippen LogP contribution in [0.25, 0.3) is 10.9 Å². The molecule has 0 N–H and O–H groups in total. The van der Waals surface area contributed by atoms with E-state index in [1.807, 2.05) is 6.07 Å². The first kappa shape index (κ1) is 15.2. The summed E-state index contributed by atoms with van der Waals surface area (Å²) >= 11 is 0. The molecule has 0 radical (unpaired) electrons. The average molecular weight is 302 g/mol. The van der Waals surface area contributed by atoms with E-state index in [0.29, 0.717) is 12.5 Å². The van der Waals surface area contributed by atoms with Crippen LogP contribution < -0.4 is 0 Å². The van der Waals surface area contributed by atoms with Gasteiger partial charge in [-0.25, -0.2) is 4.39 Å². The van der Waals surface area contributed by atoms with Crippen LogP contribution in [0.15, 0.2) is 24.4 Å². The molecule has 0 unspecified atom stereocenters. The predicted octanol–water partition coefficient (Wildman–Crippen LogP) is 3.74. The summed E-state index contributed by atoms with van der Waals surface area (Å²) in [5, 5.41) is 0.996. The topological polar surface area (TPSA) is 25.2 Å². The van der Waals surface area contributed by atoms with Crippen LogP contribution in [0.2, 0.25) is 0 Å². The molecule has 3 nitrogen and oxygen atoms in total. The Bertz CT molecular complexity index is 688. The highest BCUT2D eigenvalue weighted by atomic mass is 19.1. The smallest absolute Gasteiger partial charge is 0.129 e. The van der Waals surface area contributed by atoms with Gasteiger partial charge in [0.1, 0.15) is 11.6 Å². The van der Waals surface area contributed by atoms with Crippen molar-refractivity contribution < 1.29 is 9.18 Å². The van der Waals surface area contributed by atoms with E-state index in [1.54, 1.807) is 13.0 Å². The number of carbonyl (C=O) groups excluding carboxylic acids is 1. The first-order chi connectivity index (χ1) is 10.5. The van der Waals surface area contributed by atoms with Gasteiger partial charge in [-0.3, -0.25) is 4.90 Å². The molecule has 0 aliphatic heterocycles. The third kappa shape index (κ3) is 3.38. The van der Waals surface area contributed by atoms with Gasteiger partial charge in [0.2, 0.25) is 0 Å². The van der Waals surface area contributed by atoms with Crippen molar-refractivity contribution in [1.29, 1.82) is 0 Å². The minimum Gasteiger partial charge on any atom is -0.347 e. The molecule has 0 atom stereocenters. The van der Waals surface area contributed by atoms with Crippen LogP contribution in [0, 0.1) is 5.82 Å². The lowest BCUT2D eigenvalue weighted by Gasteiger charge is -2.14. The van der Waals surface area contributed by atoms with Crippen molar-refractivity contribution >= 4 is 16.7 Å². The van der Waals surface area contributed by atoms with Gasteiger partial charge < -0.3 is 9.36 Å². The number of aromatic nitrogens is 1. The lowest BCUT2D eigenvalue weighted by Crippen LogP contribution is -2.19. The second-order valence-corrected chi connectivity index (χ2v) is 6.46. The van der Waals surface area contributed by atoms with Gasteiger partial charge in [-0.15, -0.1) is 0 Å². The standard InChI is InChI=1S/C18H23FN2O/c1-13(22)4-3-9-21-12-14(11-20(2)16-6-7-16)17-10-15(19)5-8-18(17)21/h5,8,10,12,16H,3-4,6-7,9,11H2,1-2H3. The zero-order chi connectivity index (χ0) is 15.7. The summed E-state index contributed by atoms with van der Waals surface area (Å²) in [7, 11) is 2.13. The second-order valence-electron chi connectivity index (χ2n) is 6.46. The summed E-state index contributed by atoms with van der Waals surface area (Å²) in [5.41, 5.74) is 2.23. The molecule has 2 aromatic rings. The van der Waals surface area contributed by atoms with Crippen molar-refractivity contribution in [3.63, 3.8) is 0 Å². The van der Waals surface area contributed by atoms with E-state index >= 15 is 0 Å². The molecule has 3 rings (SSSR count). The Morgan fingerprint density at radius 1 is 1.41 bits per heavy atom. The molecule has 0 saturated heterocycles. The number of hydrogen-bond acceptors (Lipinski definition) is 2. The van der Waals surface area contributed by atoms with Crippen molar-refractivity contribution in [1.82, 2.24) is 9.47 Å². The van der Waals surface area contributed by atoms with E-state index in [1.165, 1.54) is 24.5 Å². The quantitative estimate of drug-likeness (QED) is 0.778. The molecule has 1 fully saturated rings. The number of rotatable bonds is 7. The van der Waals surface area contributed by atoms with Crippen LogP contribution in [0.4, 0.5) is 4.39 Å². The molecule has 1 aliphatic carbocycles. The first-order valence-corrected chi connectivity index (χ1v) is 8.01. The van der Waals surface area contributed by atoms with E-state index in [0.717, 1.165) is 30.4 Å². The number of carbonyl (C=O) groups is 1. The van der Waals surface area contributed by atoms with E-state index in [2.05, 4.69) is 22.7 Å². The van der Waals surface area contributed by atoms with E-state index in [9.17, 15) is 9.18 Å². The van der Waals surface area contributed by atoms with Crippen LogP contribution in [0.5, 0.6) is 0 Å². The summed E-state index contributed by atoms with van der Waals surface area (Å²) in [4.78, 5) is 13.5. The Labute approximate surface area is 130 Å². The van der Waals surface area contributed by atoms with Gasteiger partial charge in [0.25, 0.3) is 0 Å². The SMILES string of the molecule is CC(=O)CCCn1cc(CN(C)C2CC2)c2cc(F)ccc21. The van der Waals surface area contributed by atoms with Gasteiger partial charge in [0.05, 0.1) is 0 Å². The fraction of sp³-hybridized carbons (Fsp3) is 0.500. The fourth-order valence-corrected chi connectivity index (χ4v) is 3.07. The van der Waals surface area contributed by atoms with Crippen LogP contribution in [-0.2, 0) is 17.9 Å². The summed E-state index contributed by atoms with van der Waals surface area (Å²) in [6.45, 7) is 3.28. The third-order valence-electron chi connectivity index (χ3n) is 4.44. The molecule has 1 aromatic carbocycles. The maximum atomic E-state index is 13.6. The fourth-order valence-electron chi connectivity index (χ4n) is 3.07. The maximum absolute atomic E-state index is 13.6. The highest BCUT2D eigenvalue weighted by Crippen LogP contribution is 2.29. The molecule has 1 aromatic heterocycles. The molecule has 0 spiro atoms. The number of hydrogen-bond donors (Lipinski definition) is 0. The Hall–Kier alpha value is -1.68. The number of fused-ring (bicyclic) bond motifs is 1. The van der Waals surface area contributed by atoms with E-state index in [4.69, 9.17) is 0 Å². The van der Waals surface area contributed by atoms with Gasteiger partial charge in [0.15, 0.2) is 0 Å². The Morgan fingerprint density at radius 2 is 2.18 bits per heavy atom. The third-order valence-corrected chi connectivity index (χ3v) is 4.44. The van der Waals surface area contributed by atoms with E-state index < -0.39 is 0 Å². The minimum absolute atomic E-state index is 0.190. The monoisotopic (exact) mass is 302 g/mol. The molecule has 0 bridgehead atoms. The molecule has 4 heteroatoms. The minimum atomic E-state index is -0.190. The Kier molecular flexibility index (Phi) is 4.30. The lowest BCUT2D eigenvalue weighted by atomic mass is 10.1. The number of ketones is 1. The van der Waals surface area contributed by atoms with Crippen molar-refractivity contribution in [2.45, 2.75) is 51.7 Å². The number of Topliss-reactive ketones (excluding diaryl/α,β-unsaturated/α-hetero) is 1. The number of benzene rings is 1. The lowest BCUT2D eigenvalue weighted by molar-refractivity contribution is -0.117. The zero-order valence-corrected chi connectivity index (χ0v) is 13.3. The highest BCUT2D eigenvalue weighted by Gasteiger charge is 2.26. The van der Waals surface area contributed by atoms with Gasteiger partial charge in [0, 0.05) is 42.7 Å². The predicted molar refractivity (Wildman–Crippen MR) is 86.3 cm³/mol. The summed E-state index contributed by atoms with van der Waals surface area (Å²) in [6.07, 6.45) is 6.08. The zero-order valence-electron chi connectivity index (χ0n) is 13.3. The van der Waals surface area contributed by atoms with Crippen molar-refractivity contribution in [2.24, 2.45) is 0 Å². The largest absolute Gasteiger partial charge is 0.347 e. The average Bonchev–Trinajstić information content (AvgIpc) is 3.25. The number of nitrogens with zero attached hydrogens (tertiary/aromatic N) is 2. The molecule has 0 amide bonds. The number of halogens is 1. The van der Waals surface area contributed by atoms with Crippen molar-refractivity contribution in [3.8, 4) is 0 Å². The molecular formula is C18H23FN2O. The molecule has 1 aliphatic rings. The number of aryl methyl sites for hydroxylation is 1. The van der Waals surface area contributed by atoms with E-state index in [-0.39, 0.29) is 11.6 Å². The summed E-state index contributed by atoms with van der Waals surface area (Å²) < 4.78 is 15.8. The van der Waals surface area contributed by atoms with Crippen molar-refractivity contribution in [2.75, 3.05) is 7.05 Å². The van der Waals surface area contributed by atoms with Crippen LogP contribution in [0.1, 0.15) is 38.2 Å². The van der Waals surface area contributed by atoms with Gasteiger partial charge in [-0.05, 0) is 57.0 Å². The second kappa shape index (κ2) is 6.21. The molecule has 1 heterocycles. The van der Waals surface area contributed by atoms with Crippen LogP contribution in [0.3, 0.4) is 0 Å². The molecule has 1 saturated carbocycles. The molecule has 22 heavy (non-hydrogen) atoms. The van der Waals surface area contributed by atoms with Crippen LogP contribution in [-0.4, -0.2) is 28.3 Å². The normalized spacial score (nSPS) is 14.9. The highest BCUT2D eigenvalue weighted by molar-refractivity contribution is 5.84. The Balaban J connectivity index is 1.85. The summed E-state index contributed by atoms with van der Waals surface area (Å²) in [5.74, 6) is 0.0282. The van der Waals surface area contributed by atoms with Gasteiger partial charge in [-0.1, -0.05) is 0 Å².